The Hall–Kier alpha value is -4.72. The molecule has 0 fully saturated rings. The highest BCUT2D eigenvalue weighted by Crippen LogP contribution is 2.47. The topological polar surface area (TPSA) is 87.6 Å². The van der Waals surface area contributed by atoms with Gasteiger partial charge in [0.2, 0.25) is 0 Å². The first-order valence-corrected chi connectivity index (χ1v) is 11.9. The molecule has 0 saturated heterocycles. The van der Waals surface area contributed by atoms with Gasteiger partial charge in [-0.15, -0.1) is 0 Å². The van der Waals surface area contributed by atoms with Crippen molar-refractivity contribution in [2.45, 2.75) is 13.0 Å². The third-order valence-corrected chi connectivity index (χ3v) is 7.11. The van der Waals surface area contributed by atoms with E-state index >= 15 is 0 Å². The van der Waals surface area contributed by atoms with E-state index in [1.54, 1.807) is 19.2 Å². The molecule has 1 aliphatic heterocycles. The minimum atomic E-state index is -0.718. The monoisotopic (exact) mass is 495 g/mol. The van der Waals surface area contributed by atoms with E-state index in [4.69, 9.17) is 9.47 Å². The van der Waals surface area contributed by atoms with Crippen LogP contribution in [0, 0.1) is 6.92 Å². The molecule has 1 aliphatic rings. The summed E-state index contributed by atoms with van der Waals surface area (Å²) in [6.45, 7) is 2.00. The lowest BCUT2D eigenvalue weighted by molar-refractivity contribution is 0.228. The number of ether oxygens (including phenoxy) is 2. The molecule has 0 unspecified atom stereocenters. The van der Waals surface area contributed by atoms with E-state index < -0.39 is 11.8 Å². The second kappa shape index (κ2) is 8.16. The van der Waals surface area contributed by atoms with Crippen LogP contribution in [0.25, 0.3) is 27.8 Å². The normalized spacial score (nSPS) is 14.2. The summed E-state index contributed by atoms with van der Waals surface area (Å²) in [6.07, 6.45) is -0.718. The van der Waals surface area contributed by atoms with E-state index in [2.05, 4.69) is 0 Å². The third kappa shape index (κ3) is 3.15. The summed E-state index contributed by atoms with van der Waals surface area (Å²) in [4.78, 5) is 26.9. The van der Waals surface area contributed by atoms with Crippen LogP contribution in [-0.4, -0.2) is 25.9 Å². The highest BCUT2D eigenvalue weighted by molar-refractivity contribution is 5.98. The molecule has 0 radical (unpaired) electrons. The van der Waals surface area contributed by atoms with Crippen LogP contribution in [0.3, 0.4) is 0 Å². The van der Waals surface area contributed by atoms with E-state index in [0.717, 1.165) is 21.4 Å². The van der Waals surface area contributed by atoms with Gasteiger partial charge < -0.3 is 19.1 Å². The fourth-order valence-corrected chi connectivity index (χ4v) is 5.30. The van der Waals surface area contributed by atoms with Gasteiger partial charge in [0.05, 0.1) is 35.1 Å². The minimum absolute atomic E-state index is 0.0335. The fraction of sp³-hybridized carbons (Fsp3) is 0.172. The Morgan fingerprint density at radius 3 is 2.41 bits per heavy atom. The van der Waals surface area contributed by atoms with E-state index in [0.29, 0.717) is 39.4 Å². The van der Waals surface area contributed by atoms with Crippen LogP contribution in [0.5, 0.6) is 17.2 Å². The molecule has 186 valence electrons. The van der Waals surface area contributed by atoms with Gasteiger partial charge in [0.1, 0.15) is 5.75 Å². The van der Waals surface area contributed by atoms with Crippen LogP contribution in [0.1, 0.15) is 22.9 Å². The molecule has 3 heterocycles. The first kappa shape index (κ1) is 22.7. The Morgan fingerprint density at radius 1 is 0.946 bits per heavy atom. The summed E-state index contributed by atoms with van der Waals surface area (Å²) in [5, 5.41) is 11.0. The summed E-state index contributed by atoms with van der Waals surface area (Å²) in [6, 6.07) is 20.5. The Labute approximate surface area is 212 Å². The second-order valence-corrected chi connectivity index (χ2v) is 9.21. The number of methoxy groups -OCH3 is 1. The molecule has 8 heteroatoms. The van der Waals surface area contributed by atoms with Crippen LogP contribution >= 0.6 is 0 Å². The predicted molar refractivity (Wildman–Crippen MR) is 141 cm³/mol. The van der Waals surface area contributed by atoms with Gasteiger partial charge in [0.15, 0.2) is 17.6 Å². The maximum Gasteiger partial charge on any atom is 0.331 e. The number of aromatic hydroxyl groups is 1. The van der Waals surface area contributed by atoms with E-state index in [1.165, 1.54) is 18.7 Å². The summed E-state index contributed by atoms with van der Waals surface area (Å²) in [7, 11) is 4.64. The van der Waals surface area contributed by atoms with Crippen LogP contribution < -0.4 is 20.7 Å². The molecule has 0 bridgehead atoms. The Bertz CT molecular complexity index is 1840. The van der Waals surface area contributed by atoms with Gasteiger partial charge in [-0.2, -0.15) is 0 Å². The van der Waals surface area contributed by atoms with Crippen LogP contribution in [0.4, 0.5) is 0 Å². The first-order chi connectivity index (χ1) is 17.8. The molecule has 0 amide bonds. The zero-order valence-corrected chi connectivity index (χ0v) is 20.9. The quantitative estimate of drug-likeness (QED) is 0.405. The van der Waals surface area contributed by atoms with Gasteiger partial charge in [0, 0.05) is 25.2 Å². The summed E-state index contributed by atoms with van der Waals surface area (Å²) < 4.78 is 16.4. The number of aryl methyl sites for hydroxylation is 2. The molecule has 2 aromatic heterocycles. The van der Waals surface area contributed by atoms with Crippen molar-refractivity contribution in [3.63, 3.8) is 0 Å². The molecule has 1 atom stereocenters. The van der Waals surface area contributed by atoms with Gasteiger partial charge in [-0.25, -0.2) is 4.79 Å². The zero-order valence-electron chi connectivity index (χ0n) is 20.9. The SMILES string of the molecule is COc1ccc([C@@H]2Oc3ccccc3-n3c(-c4ccccc4C)c4c(=O)n(C)c(=O)n(C)c4c32)cc1O. The average molecular weight is 496 g/mol. The lowest BCUT2D eigenvalue weighted by Crippen LogP contribution is -2.37. The van der Waals surface area contributed by atoms with Crippen LogP contribution in [0.2, 0.25) is 0 Å². The standard InChI is InChI=1S/C29H25N3O5/c1-16-9-5-6-10-18(16)24-23-25(30(2)29(35)31(3)28(23)34)26-27(17-13-14-22(36-4)20(33)15-17)37-21-12-8-7-11-19(21)32(24)26/h5-15,27,33H,1-4H3/t27-/m0/s1. The van der Waals surface area contributed by atoms with Crippen molar-refractivity contribution in [3.05, 3.63) is 104 Å². The van der Waals surface area contributed by atoms with E-state index in [1.807, 2.05) is 66.1 Å². The second-order valence-electron chi connectivity index (χ2n) is 9.21. The maximum atomic E-state index is 13.8. The van der Waals surface area contributed by atoms with Crippen molar-refractivity contribution >= 4 is 10.9 Å². The van der Waals surface area contributed by atoms with Gasteiger partial charge in [-0.1, -0.05) is 42.5 Å². The number of phenols is 1. The molecule has 0 saturated carbocycles. The van der Waals surface area contributed by atoms with Crippen molar-refractivity contribution in [3.8, 4) is 34.2 Å². The summed E-state index contributed by atoms with van der Waals surface area (Å²) in [5.41, 5.74) is 4.27. The van der Waals surface area contributed by atoms with E-state index in [-0.39, 0.29) is 11.3 Å². The van der Waals surface area contributed by atoms with Gasteiger partial charge in [-0.05, 0) is 36.8 Å². The summed E-state index contributed by atoms with van der Waals surface area (Å²) in [5.74, 6) is 0.920. The number of phenolic OH excluding ortho intramolecular Hbond substituents is 1. The number of rotatable bonds is 3. The van der Waals surface area contributed by atoms with Crippen LogP contribution in [0.15, 0.2) is 76.3 Å². The number of hydrogen-bond donors (Lipinski definition) is 1. The highest BCUT2D eigenvalue weighted by Gasteiger charge is 2.36. The van der Waals surface area contributed by atoms with Crippen molar-refractivity contribution in [2.75, 3.05) is 7.11 Å². The number of aromatic nitrogens is 3. The Kier molecular flexibility index (Phi) is 5.01. The molecular weight excluding hydrogens is 470 g/mol. The number of nitrogens with zero attached hydrogens (tertiary/aromatic N) is 3. The molecule has 8 nitrogen and oxygen atoms in total. The minimum Gasteiger partial charge on any atom is -0.504 e. The van der Waals surface area contributed by atoms with Crippen molar-refractivity contribution in [2.24, 2.45) is 14.1 Å². The molecule has 6 rings (SSSR count). The van der Waals surface area contributed by atoms with Gasteiger partial charge >= 0.3 is 5.69 Å². The molecule has 5 aromatic rings. The van der Waals surface area contributed by atoms with Crippen molar-refractivity contribution in [1.29, 1.82) is 0 Å². The third-order valence-electron chi connectivity index (χ3n) is 7.11. The largest absolute Gasteiger partial charge is 0.504 e. The van der Waals surface area contributed by atoms with Gasteiger partial charge in [-0.3, -0.25) is 13.9 Å². The number of benzene rings is 3. The lowest BCUT2D eigenvalue weighted by atomic mass is 10.0. The van der Waals surface area contributed by atoms with Crippen molar-refractivity contribution < 1.29 is 14.6 Å². The predicted octanol–water partition coefficient (Wildman–Crippen LogP) is 4.20. The molecule has 1 N–H and O–H groups in total. The van der Waals surface area contributed by atoms with Crippen molar-refractivity contribution in [1.82, 2.24) is 13.7 Å². The van der Waals surface area contributed by atoms with E-state index in [9.17, 15) is 14.7 Å². The summed E-state index contributed by atoms with van der Waals surface area (Å²) >= 11 is 0. The fourth-order valence-electron chi connectivity index (χ4n) is 5.30. The number of para-hydroxylation sites is 2. The van der Waals surface area contributed by atoms with Crippen LogP contribution in [-0.2, 0) is 14.1 Å². The number of hydrogen-bond acceptors (Lipinski definition) is 5. The first-order valence-electron chi connectivity index (χ1n) is 11.9. The molecule has 37 heavy (non-hydrogen) atoms. The smallest absolute Gasteiger partial charge is 0.331 e. The average Bonchev–Trinajstić information content (AvgIpc) is 3.27. The molecule has 0 spiro atoms. The lowest BCUT2D eigenvalue weighted by Gasteiger charge is -2.30. The Morgan fingerprint density at radius 2 is 1.68 bits per heavy atom. The molecule has 3 aromatic carbocycles. The molecular formula is C29H25N3O5. The Balaban J connectivity index is 1.84. The number of fused-ring (bicyclic) bond motifs is 5. The highest BCUT2D eigenvalue weighted by atomic mass is 16.5. The van der Waals surface area contributed by atoms with Gasteiger partial charge in [0.25, 0.3) is 5.56 Å². The maximum absolute atomic E-state index is 13.8. The zero-order chi connectivity index (χ0) is 26.0. The molecule has 0 aliphatic carbocycles.